The van der Waals surface area contributed by atoms with Crippen LogP contribution in [0.5, 0.6) is 0 Å². The van der Waals surface area contributed by atoms with Crippen LogP contribution >= 0.6 is 0 Å². The van der Waals surface area contributed by atoms with Crippen LogP contribution in [0.25, 0.3) is 17.0 Å². The highest BCUT2D eigenvalue weighted by atomic mass is 16.7. The van der Waals surface area contributed by atoms with Gasteiger partial charge in [0.1, 0.15) is 6.26 Å². The highest BCUT2D eigenvalue weighted by Gasteiger charge is 2.11. The molecule has 0 atom stereocenters. The highest BCUT2D eigenvalue weighted by Crippen LogP contribution is 2.28. The van der Waals surface area contributed by atoms with E-state index in [4.69, 9.17) is 9.05 Å². The maximum atomic E-state index is 5.25. The summed E-state index contributed by atoms with van der Waals surface area (Å²) in [4.78, 5) is 0. The number of fused-ring (bicyclic) bond motifs is 2. The van der Waals surface area contributed by atoms with Crippen molar-refractivity contribution in [1.29, 1.82) is 0 Å². The summed E-state index contributed by atoms with van der Waals surface area (Å²) in [5, 5.41) is 3.43. The average Bonchev–Trinajstić information content (AvgIpc) is 2.44. The Bertz CT molecular complexity index is 582. The summed E-state index contributed by atoms with van der Waals surface area (Å²) < 4.78 is 10.1. The quantitative estimate of drug-likeness (QED) is 0.709. The predicted octanol–water partition coefficient (Wildman–Crippen LogP) is 3.44. The van der Waals surface area contributed by atoms with E-state index >= 15 is 0 Å². The average molecular weight is 201 g/mol. The van der Waals surface area contributed by atoms with Crippen molar-refractivity contribution in [3.8, 4) is 0 Å². The monoisotopic (exact) mass is 201 g/mol. The molecule has 3 nitrogen and oxygen atoms in total. The first-order chi connectivity index (χ1) is 7.33. The van der Waals surface area contributed by atoms with Crippen molar-refractivity contribution in [3.05, 3.63) is 41.2 Å². The van der Waals surface area contributed by atoms with E-state index in [9.17, 15) is 0 Å². The zero-order valence-electron chi connectivity index (χ0n) is 8.41. The van der Waals surface area contributed by atoms with Crippen molar-refractivity contribution in [2.45, 2.75) is 13.3 Å². The van der Waals surface area contributed by atoms with Crippen LogP contribution in [0.3, 0.4) is 0 Å². The summed E-state index contributed by atoms with van der Waals surface area (Å²) in [5.41, 5.74) is 4.79. The number of nitrogens with one attached hydrogen (secondary N) is 1. The minimum atomic E-state index is 0.811. The second-order valence-electron chi connectivity index (χ2n) is 3.86. The predicted molar refractivity (Wildman–Crippen MR) is 57.8 cm³/mol. The highest BCUT2D eigenvalue weighted by molar-refractivity contribution is 5.82. The van der Waals surface area contributed by atoms with Crippen molar-refractivity contribution >= 4 is 17.0 Å². The number of aromatic amines is 1. The molecule has 0 unspecified atom stereocenters. The SMILES string of the molecule is CC1=Cc2cc3cco[nH]oc3cc2C1. The van der Waals surface area contributed by atoms with Crippen molar-refractivity contribution in [3.63, 3.8) is 0 Å². The topological polar surface area (TPSA) is 42.1 Å². The van der Waals surface area contributed by atoms with Gasteiger partial charge in [0, 0.05) is 5.39 Å². The summed E-state index contributed by atoms with van der Waals surface area (Å²) >= 11 is 0. The molecule has 2 aromatic rings. The molecule has 0 spiro atoms. The Morgan fingerprint density at radius 2 is 2.27 bits per heavy atom. The van der Waals surface area contributed by atoms with Crippen LogP contribution in [-0.4, -0.2) is 5.33 Å². The number of allylic oxidation sites excluding steroid dienone is 1. The molecule has 3 heteroatoms. The van der Waals surface area contributed by atoms with Gasteiger partial charge in [0.25, 0.3) is 0 Å². The minimum Gasteiger partial charge on any atom is -0.360 e. The Balaban J connectivity index is 2.34. The fourth-order valence-electron chi connectivity index (χ4n) is 1.98. The van der Waals surface area contributed by atoms with E-state index in [1.165, 1.54) is 16.7 Å². The Morgan fingerprint density at radius 1 is 1.33 bits per heavy atom. The van der Waals surface area contributed by atoms with Gasteiger partial charge in [-0.1, -0.05) is 17.0 Å². The molecule has 0 aliphatic heterocycles. The minimum absolute atomic E-state index is 0.811. The fourth-order valence-corrected chi connectivity index (χ4v) is 1.98. The summed E-state index contributed by atoms with van der Waals surface area (Å²) in [5.74, 6) is 0. The van der Waals surface area contributed by atoms with Gasteiger partial charge in [0.05, 0.1) is 0 Å². The first-order valence-corrected chi connectivity index (χ1v) is 4.91. The summed E-state index contributed by atoms with van der Waals surface area (Å²) in [6.07, 6.45) is 4.79. The standard InChI is InChI=1S/C12H11NO2/c1-8-4-10-6-9-2-3-14-13-15-12(9)7-11(10)5-8/h2-4,6-7,13H,5H2,1H3. The van der Waals surface area contributed by atoms with E-state index in [1.54, 1.807) is 6.26 Å². The molecular weight excluding hydrogens is 190 g/mol. The maximum Gasteiger partial charge on any atom is 0.166 e. The summed E-state index contributed by atoms with van der Waals surface area (Å²) in [6.45, 7) is 2.14. The molecule has 1 aromatic carbocycles. The zero-order valence-corrected chi connectivity index (χ0v) is 8.41. The molecule has 0 bridgehead atoms. The van der Waals surface area contributed by atoms with Crippen molar-refractivity contribution in [1.82, 2.24) is 5.33 Å². The first kappa shape index (κ1) is 8.41. The van der Waals surface area contributed by atoms with Gasteiger partial charge in [0.15, 0.2) is 5.58 Å². The molecule has 3 rings (SSSR count). The second-order valence-corrected chi connectivity index (χ2v) is 3.86. The molecule has 0 fully saturated rings. The summed E-state index contributed by atoms with van der Waals surface area (Å²) in [7, 11) is 0. The molecule has 1 aliphatic carbocycles. The lowest BCUT2D eigenvalue weighted by molar-refractivity contribution is 0.210. The smallest absolute Gasteiger partial charge is 0.166 e. The van der Waals surface area contributed by atoms with Crippen LogP contribution in [-0.2, 0) is 6.42 Å². The molecule has 0 saturated heterocycles. The van der Waals surface area contributed by atoms with Crippen molar-refractivity contribution < 1.29 is 9.05 Å². The van der Waals surface area contributed by atoms with Gasteiger partial charge in [-0.2, -0.15) is 0 Å². The number of benzene rings is 1. The van der Waals surface area contributed by atoms with Crippen LogP contribution in [0.2, 0.25) is 0 Å². The van der Waals surface area contributed by atoms with Gasteiger partial charge in [-0.15, -0.1) is 0 Å². The molecule has 1 heterocycles. The van der Waals surface area contributed by atoms with Crippen LogP contribution < -0.4 is 0 Å². The van der Waals surface area contributed by atoms with E-state index in [0.717, 1.165) is 17.4 Å². The van der Waals surface area contributed by atoms with Gasteiger partial charge in [-0.3, -0.25) is 0 Å². The molecule has 1 aliphatic rings. The van der Waals surface area contributed by atoms with Gasteiger partial charge < -0.3 is 9.05 Å². The summed E-state index contributed by atoms with van der Waals surface area (Å²) in [6, 6.07) is 6.06. The van der Waals surface area contributed by atoms with E-state index < -0.39 is 0 Å². The first-order valence-electron chi connectivity index (χ1n) is 4.91. The lowest BCUT2D eigenvalue weighted by Crippen LogP contribution is -1.82. The fraction of sp³-hybridized carbons (Fsp3) is 0.167. The van der Waals surface area contributed by atoms with Crippen molar-refractivity contribution in [2.75, 3.05) is 0 Å². The van der Waals surface area contributed by atoms with E-state index in [2.05, 4.69) is 30.5 Å². The number of hydrogen-bond donors (Lipinski definition) is 1. The number of aromatic nitrogens is 1. The number of H-pyrrole nitrogens is 1. The third-order valence-corrected chi connectivity index (χ3v) is 2.66. The Labute approximate surface area is 86.6 Å². The molecule has 15 heavy (non-hydrogen) atoms. The Morgan fingerprint density at radius 3 is 3.20 bits per heavy atom. The molecule has 1 N–H and O–H groups in total. The van der Waals surface area contributed by atoms with Crippen LogP contribution in [0.4, 0.5) is 0 Å². The lowest BCUT2D eigenvalue weighted by Gasteiger charge is -1.98. The Kier molecular flexibility index (Phi) is 1.71. The molecule has 76 valence electrons. The number of rotatable bonds is 0. The van der Waals surface area contributed by atoms with Crippen LogP contribution in [0, 0.1) is 0 Å². The third kappa shape index (κ3) is 1.36. The second kappa shape index (κ2) is 3.05. The molecule has 0 radical (unpaired) electrons. The van der Waals surface area contributed by atoms with E-state index in [-0.39, 0.29) is 0 Å². The third-order valence-electron chi connectivity index (χ3n) is 2.66. The van der Waals surface area contributed by atoms with Crippen molar-refractivity contribution in [2.24, 2.45) is 0 Å². The maximum absolute atomic E-state index is 5.25. The largest absolute Gasteiger partial charge is 0.360 e. The van der Waals surface area contributed by atoms with Crippen LogP contribution in [0.15, 0.2) is 39.1 Å². The van der Waals surface area contributed by atoms with Gasteiger partial charge in [-0.05, 0) is 42.7 Å². The molecule has 0 amide bonds. The van der Waals surface area contributed by atoms with E-state index in [1.807, 2.05) is 6.07 Å². The van der Waals surface area contributed by atoms with Gasteiger partial charge in [-0.25, -0.2) is 0 Å². The number of hydrogen-bond acceptors (Lipinski definition) is 2. The van der Waals surface area contributed by atoms with Gasteiger partial charge >= 0.3 is 0 Å². The van der Waals surface area contributed by atoms with E-state index in [0.29, 0.717) is 0 Å². The zero-order chi connectivity index (χ0) is 10.3. The normalized spacial score (nSPS) is 13.8. The van der Waals surface area contributed by atoms with Crippen LogP contribution in [0.1, 0.15) is 18.1 Å². The molecule has 0 saturated carbocycles. The lowest BCUT2D eigenvalue weighted by atomic mass is 10.1. The Hall–Kier alpha value is -1.90. The van der Waals surface area contributed by atoms with Gasteiger partial charge in [0.2, 0.25) is 0 Å². The molecular formula is C12H11NO2. The molecule has 1 aromatic heterocycles.